The van der Waals surface area contributed by atoms with E-state index in [-0.39, 0.29) is 6.10 Å². The maximum Gasteiger partial charge on any atom is 0.497 e. The van der Waals surface area contributed by atoms with Crippen molar-refractivity contribution in [2.45, 2.75) is 70.7 Å². The van der Waals surface area contributed by atoms with Crippen LogP contribution in [0.4, 0.5) is 0 Å². The second kappa shape index (κ2) is 6.56. The second-order valence-electron chi connectivity index (χ2n) is 6.96. The van der Waals surface area contributed by atoms with Gasteiger partial charge in [-0.15, -0.1) is 0 Å². The predicted molar refractivity (Wildman–Crippen MR) is 86.2 cm³/mol. The highest BCUT2D eigenvalue weighted by atomic mass is 16.6. The van der Waals surface area contributed by atoms with Crippen LogP contribution in [0.1, 0.15) is 53.4 Å². The van der Waals surface area contributed by atoms with E-state index in [0.29, 0.717) is 11.3 Å². The van der Waals surface area contributed by atoms with Crippen molar-refractivity contribution in [2.24, 2.45) is 0 Å². The van der Waals surface area contributed by atoms with Crippen molar-refractivity contribution in [3.05, 3.63) is 18.3 Å². The maximum atomic E-state index is 10.4. The first-order valence-electron chi connectivity index (χ1n) is 7.90. The lowest BCUT2D eigenvalue weighted by Crippen LogP contribution is -2.53. The number of pyridine rings is 1. The summed E-state index contributed by atoms with van der Waals surface area (Å²) >= 11 is 0. The second-order valence-corrected chi connectivity index (χ2v) is 6.96. The van der Waals surface area contributed by atoms with Gasteiger partial charge in [0.1, 0.15) is 6.10 Å². The van der Waals surface area contributed by atoms with Gasteiger partial charge in [0.25, 0.3) is 0 Å². The summed E-state index contributed by atoms with van der Waals surface area (Å²) in [5.41, 5.74) is -1.53. The zero-order chi connectivity index (χ0) is 16.4. The van der Waals surface area contributed by atoms with Crippen molar-refractivity contribution in [1.82, 2.24) is 4.98 Å². The van der Waals surface area contributed by atoms with E-state index in [4.69, 9.17) is 9.39 Å². The van der Waals surface area contributed by atoms with E-state index in [1.807, 2.05) is 0 Å². The largest absolute Gasteiger partial charge is 0.497 e. The van der Waals surface area contributed by atoms with Gasteiger partial charge in [-0.2, -0.15) is 0 Å². The monoisotopic (exact) mass is 307 g/mol. The fourth-order valence-corrected chi connectivity index (χ4v) is 2.34. The standard InChI is InChI=1S/C16H26BNO4/c1-15(2,19)16(3,4)22-17(20)13-10-7-11-18-14(13)21-12-8-5-6-9-12/h7,10-12,19-20H,5-6,8-9H2,1-4H3. The van der Waals surface area contributed by atoms with E-state index >= 15 is 0 Å². The molecule has 1 aromatic rings. The van der Waals surface area contributed by atoms with E-state index in [1.165, 1.54) is 0 Å². The molecule has 0 unspecified atom stereocenters. The molecule has 0 spiro atoms. The van der Waals surface area contributed by atoms with Crippen LogP contribution in [-0.4, -0.2) is 39.5 Å². The normalized spacial score (nSPS) is 16.8. The molecule has 0 atom stereocenters. The van der Waals surface area contributed by atoms with Gasteiger partial charge in [0.05, 0.1) is 11.2 Å². The average molecular weight is 307 g/mol. The molecule has 0 amide bonds. The Morgan fingerprint density at radius 1 is 1.23 bits per heavy atom. The highest BCUT2D eigenvalue weighted by molar-refractivity contribution is 6.61. The van der Waals surface area contributed by atoms with E-state index in [2.05, 4.69) is 4.98 Å². The molecule has 5 nitrogen and oxygen atoms in total. The first kappa shape index (κ1) is 17.3. The van der Waals surface area contributed by atoms with Crippen molar-refractivity contribution in [2.75, 3.05) is 0 Å². The molecule has 0 aliphatic heterocycles. The SMILES string of the molecule is CC(C)(O)C(C)(C)OB(O)c1cccnc1OC1CCCC1. The maximum absolute atomic E-state index is 10.4. The van der Waals surface area contributed by atoms with E-state index in [0.717, 1.165) is 25.7 Å². The van der Waals surface area contributed by atoms with Gasteiger partial charge in [0, 0.05) is 11.7 Å². The molecule has 0 aromatic carbocycles. The van der Waals surface area contributed by atoms with Crippen LogP contribution in [0.25, 0.3) is 0 Å². The van der Waals surface area contributed by atoms with Crippen molar-refractivity contribution in [3.8, 4) is 5.88 Å². The molecule has 1 saturated carbocycles. The minimum Gasteiger partial charge on any atom is -0.475 e. The number of rotatable bonds is 6. The fourth-order valence-electron chi connectivity index (χ4n) is 2.34. The number of ether oxygens (including phenoxy) is 1. The van der Waals surface area contributed by atoms with Crippen molar-refractivity contribution < 1.29 is 19.5 Å². The topological polar surface area (TPSA) is 71.8 Å². The number of aromatic nitrogens is 1. The van der Waals surface area contributed by atoms with Gasteiger partial charge >= 0.3 is 7.12 Å². The Morgan fingerprint density at radius 2 is 1.86 bits per heavy atom. The first-order valence-corrected chi connectivity index (χ1v) is 7.90. The quantitative estimate of drug-likeness (QED) is 0.782. The van der Waals surface area contributed by atoms with Crippen molar-refractivity contribution in [1.29, 1.82) is 0 Å². The zero-order valence-electron chi connectivity index (χ0n) is 13.9. The summed E-state index contributed by atoms with van der Waals surface area (Å²) in [4.78, 5) is 4.23. The number of aliphatic hydroxyl groups is 1. The van der Waals surface area contributed by atoms with Crippen LogP contribution in [0.5, 0.6) is 5.88 Å². The predicted octanol–water partition coefficient (Wildman–Crippen LogP) is 1.66. The van der Waals surface area contributed by atoms with Gasteiger partial charge in [0.15, 0.2) is 0 Å². The summed E-state index contributed by atoms with van der Waals surface area (Å²) in [6, 6.07) is 3.48. The Morgan fingerprint density at radius 3 is 2.45 bits per heavy atom. The Hall–Kier alpha value is -1.11. The van der Waals surface area contributed by atoms with Crippen LogP contribution in [0, 0.1) is 0 Å². The lowest BCUT2D eigenvalue weighted by atomic mass is 9.77. The molecule has 22 heavy (non-hydrogen) atoms. The molecule has 0 radical (unpaired) electrons. The number of nitrogens with zero attached hydrogens (tertiary/aromatic N) is 1. The molecule has 0 saturated heterocycles. The summed E-state index contributed by atoms with van der Waals surface area (Å²) in [6.07, 6.45) is 6.16. The zero-order valence-corrected chi connectivity index (χ0v) is 13.9. The van der Waals surface area contributed by atoms with E-state index in [1.54, 1.807) is 46.0 Å². The van der Waals surface area contributed by atoms with Crippen LogP contribution < -0.4 is 10.2 Å². The molecule has 1 aromatic heterocycles. The third kappa shape index (κ3) is 4.00. The molecule has 2 rings (SSSR count). The van der Waals surface area contributed by atoms with Gasteiger partial charge in [-0.3, -0.25) is 0 Å². The summed E-state index contributed by atoms with van der Waals surface area (Å²) in [5, 5.41) is 20.6. The van der Waals surface area contributed by atoms with Crippen LogP contribution in [0.3, 0.4) is 0 Å². The summed E-state index contributed by atoms with van der Waals surface area (Å²) in [5.74, 6) is 0.411. The highest BCUT2D eigenvalue weighted by Crippen LogP contribution is 2.26. The molecule has 2 N–H and O–H groups in total. The van der Waals surface area contributed by atoms with Gasteiger partial charge < -0.3 is 19.5 Å². The van der Waals surface area contributed by atoms with E-state index < -0.39 is 18.3 Å². The highest BCUT2D eigenvalue weighted by Gasteiger charge is 2.40. The summed E-state index contributed by atoms with van der Waals surface area (Å²) in [7, 11) is -1.20. The third-order valence-corrected chi connectivity index (χ3v) is 4.53. The number of hydrogen-bond donors (Lipinski definition) is 2. The number of hydrogen-bond acceptors (Lipinski definition) is 5. The van der Waals surface area contributed by atoms with Crippen LogP contribution in [-0.2, 0) is 4.65 Å². The molecule has 122 valence electrons. The Kier molecular flexibility index (Phi) is 5.15. The van der Waals surface area contributed by atoms with Crippen molar-refractivity contribution >= 4 is 12.6 Å². The molecular weight excluding hydrogens is 281 g/mol. The van der Waals surface area contributed by atoms with Gasteiger partial charge in [0.2, 0.25) is 5.88 Å². The molecule has 1 aliphatic carbocycles. The van der Waals surface area contributed by atoms with Crippen molar-refractivity contribution in [3.63, 3.8) is 0 Å². The Bertz CT molecular complexity index is 495. The molecule has 1 heterocycles. The minimum atomic E-state index is -1.20. The van der Waals surface area contributed by atoms with Crippen LogP contribution >= 0.6 is 0 Å². The van der Waals surface area contributed by atoms with Gasteiger partial charge in [-0.05, 0) is 59.4 Å². The van der Waals surface area contributed by atoms with E-state index in [9.17, 15) is 10.1 Å². The Labute approximate surface area is 132 Å². The first-order chi connectivity index (χ1) is 10.2. The lowest BCUT2D eigenvalue weighted by Gasteiger charge is -2.38. The minimum absolute atomic E-state index is 0.156. The fraction of sp³-hybridized carbons (Fsp3) is 0.688. The van der Waals surface area contributed by atoms with Crippen LogP contribution in [0.2, 0.25) is 0 Å². The third-order valence-electron chi connectivity index (χ3n) is 4.53. The average Bonchev–Trinajstić information content (AvgIpc) is 2.90. The molecule has 0 bridgehead atoms. The lowest BCUT2D eigenvalue weighted by molar-refractivity contribution is -0.0983. The Balaban J connectivity index is 2.13. The summed E-state index contributed by atoms with van der Waals surface area (Å²) < 4.78 is 11.6. The summed E-state index contributed by atoms with van der Waals surface area (Å²) in [6.45, 7) is 6.78. The molecule has 6 heteroatoms. The molecule has 1 aliphatic rings. The van der Waals surface area contributed by atoms with Gasteiger partial charge in [-0.25, -0.2) is 4.98 Å². The smallest absolute Gasteiger partial charge is 0.475 e. The van der Waals surface area contributed by atoms with Gasteiger partial charge in [-0.1, -0.05) is 6.07 Å². The van der Waals surface area contributed by atoms with Crippen LogP contribution in [0.15, 0.2) is 18.3 Å². The molecule has 1 fully saturated rings. The molecular formula is C16H26BNO4.